The predicted octanol–water partition coefficient (Wildman–Crippen LogP) is 8.92. The Kier molecular flexibility index (Phi) is 6.70. The van der Waals surface area contributed by atoms with Crippen molar-refractivity contribution in [2.45, 2.75) is 18.0 Å². The Balaban J connectivity index is 1.82. The SMILES string of the molecule is Clc1ccc(C=C2CCCP(c3ccccc3)C2(c2ccccc2)c2ccccc2)cc1Cl. The second-order valence-electron chi connectivity index (χ2n) is 8.38. The van der Waals surface area contributed by atoms with E-state index in [2.05, 4.69) is 103 Å². The molecule has 164 valence electrons. The zero-order valence-electron chi connectivity index (χ0n) is 18.3. The van der Waals surface area contributed by atoms with Crippen LogP contribution in [0.4, 0.5) is 0 Å². The molecule has 0 aliphatic carbocycles. The third-order valence-corrected chi connectivity index (χ3v) is 10.5. The van der Waals surface area contributed by atoms with Crippen LogP contribution in [0.1, 0.15) is 29.5 Å². The van der Waals surface area contributed by atoms with Crippen LogP contribution in [0.15, 0.2) is 115 Å². The lowest BCUT2D eigenvalue weighted by Crippen LogP contribution is -2.36. The number of allylic oxidation sites excluding steroid dienone is 1. The van der Waals surface area contributed by atoms with E-state index in [0.717, 1.165) is 12.0 Å². The molecule has 1 fully saturated rings. The molecule has 4 aromatic carbocycles. The maximum atomic E-state index is 6.40. The summed E-state index contributed by atoms with van der Waals surface area (Å²) >= 11 is 12.6. The summed E-state index contributed by atoms with van der Waals surface area (Å²) in [7, 11) is -0.544. The Morgan fingerprint density at radius 1 is 0.667 bits per heavy atom. The first-order chi connectivity index (χ1) is 16.2. The van der Waals surface area contributed by atoms with E-state index >= 15 is 0 Å². The summed E-state index contributed by atoms with van der Waals surface area (Å²) in [6.07, 6.45) is 5.78. The van der Waals surface area contributed by atoms with Crippen molar-refractivity contribution in [3.63, 3.8) is 0 Å². The van der Waals surface area contributed by atoms with E-state index in [0.29, 0.717) is 10.0 Å². The molecule has 3 heteroatoms. The Labute approximate surface area is 207 Å². The molecule has 0 amide bonds. The summed E-state index contributed by atoms with van der Waals surface area (Å²) in [6, 6.07) is 39.2. The van der Waals surface area contributed by atoms with Gasteiger partial charge in [0.1, 0.15) is 0 Å². The van der Waals surface area contributed by atoms with Gasteiger partial charge in [0, 0.05) is 0 Å². The van der Waals surface area contributed by atoms with Crippen molar-refractivity contribution >= 4 is 42.5 Å². The van der Waals surface area contributed by atoms with E-state index in [4.69, 9.17) is 23.2 Å². The molecule has 1 aliphatic rings. The summed E-state index contributed by atoms with van der Waals surface area (Å²) in [4.78, 5) is 0. The molecule has 1 saturated heterocycles. The molecule has 0 nitrogen and oxygen atoms in total. The molecular weight excluding hydrogens is 462 g/mol. The van der Waals surface area contributed by atoms with Gasteiger partial charge >= 0.3 is 0 Å². The van der Waals surface area contributed by atoms with Crippen molar-refractivity contribution in [3.05, 3.63) is 142 Å². The fourth-order valence-corrected chi connectivity index (χ4v) is 8.81. The number of benzene rings is 4. The van der Waals surface area contributed by atoms with Crippen LogP contribution in [0, 0.1) is 0 Å². The minimum Gasteiger partial charge on any atom is -0.0827 e. The highest BCUT2D eigenvalue weighted by molar-refractivity contribution is 7.67. The Morgan fingerprint density at radius 2 is 1.24 bits per heavy atom. The largest absolute Gasteiger partial charge is 0.0827 e. The van der Waals surface area contributed by atoms with Gasteiger partial charge in [0.2, 0.25) is 0 Å². The molecule has 0 N–H and O–H groups in total. The van der Waals surface area contributed by atoms with Crippen molar-refractivity contribution in [2.24, 2.45) is 0 Å². The smallest absolute Gasteiger partial charge is 0.0653 e. The number of hydrogen-bond acceptors (Lipinski definition) is 0. The summed E-state index contributed by atoms with van der Waals surface area (Å²) < 4.78 is 0. The lowest BCUT2D eigenvalue weighted by Gasteiger charge is -2.48. The minimum atomic E-state index is -0.544. The van der Waals surface area contributed by atoms with Gasteiger partial charge in [0.25, 0.3) is 0 Å². The lowest BCUT2D eigenvalue weighted by molar-refractivity contribution is 0.732. The van der Waals surface area contributed by atoms with Crippen molar-refractivity contribution in [1.29, 1.82) is 0 Å². The van der Waals surface area contributed by atoms with Gasteiger partial charge < -0.3 is 0 Å². The molecule has 1 atom stereocenters. The fourth-order valence-electron chi connectivity index (χ4n) is 5.07. The molecule has 5 rings (SSSR count). The van der Waals surface area contributed by atoms with Crippen LogP contribution in [0.5, 0.6) is 0 Å². The third-order valence-electron chi connectivity index (χ3n) is 6.43. The van der Waals surface area contributed by atoms with Gasteiger partial charge in [-0.2, -0.15) is 0 Å². The minimum absolute atomic E-state index is 0.205. The number of rotatable bonds is 4. The molecule has 1 unspecified atom stereocenters. The summed E-state index contributed by atoms with van der Waals surface area (Å²) in [5.74, 6) is 0. The monoisotopic (exact) mass is 486 g/mol. The molecule has 0 bridgehead atoms. The van der Waals surface area contributed by atoms with E-state index < -0.39 is 7.92 Å². The molecule has 0 saturated carbocycles. The van der Waals surface area contributed by atoms with Crippen LogP contribution < -0.4 is 5.30 Å². The van der Waals surface area contributed by atoms with Gasteiger partial charge in [-0.15, -0.1) is 0 Å². The summed E-state index contributed by atoms with van der Waals surface area (Å²) in [5.41, 5.74) is 5.26. The predicted molar refractivity (Wildman–Crippen MR) is 145 cm³/mol. The zero-order valence-corrected chi connectivity index (χ0v) is 20.7. The van der Waals surface area contributed by atoms with Gasteiger partial charge in [-0.1, -0.05) is 140 Å². The normalized spacial score (nSPS) is 18.8. The van der Waals surface area contributed by atoms with E-state index in [-0.39, 0.29) is 5.16 Å². The highest BCUT2D eigenvalue weighted by Gasteiger charge is 2.47. The molecule has 1 heterocycles. The summed E-state index contributed by atoms with van der Waals surface area (Å²) in [5, 5.41) is 2.42. The quantitative estimate of drug-likeness (QED) is 0.252. The topological polar surface area (TPSA) is 0 Å². The van der Waals surface area contributed by atoms with Crippen molar-refractivity contribution in [3.8, 4) is 0 Å². The van der Waals surface area contributed by atoms with Gasteiger partial charge in [0.15, 0.2) is 0 Å². The first kappa shape index (κ1) is 22.4. The second kappa shape index (κ2) is 9.86. The number of hydrogen-bond donors (Lipinski definition) is 0. The molecule has 0 radical (unpaired) electrons. The van der Waals surface area contributed by atoms with Crippen LogP contribution in [-0.4, -0.2) is 6.16 Å². The third kappa shape index (κ3) is 4.29. The Morgan fingerprint density at radius 3 is 1.82 bits per heavy atom. The van der Waals surface area contributed by atoms with Crippen molar-refractivity contribution in [2.75, 3.05) is 6.16 Å². The van der Waals surface area contributed by atoms with Gasteiger partial charge in [-0.05, 0) is 53.1 Å². The highest BCUT2D eigenvalue weighted by atomic mass is 35.5. The molecule has 0 aromatic heterocycles. The van der Waals surface area contributed by atoms with E-state index in [1.165, 1.54) is 34.6 Å². The van der Waals surface area contributed by atoms with E-state index in [9.17, 15) is 0 Å². The second-order valence-corrected chi connectivity index (χ2v) is 11.7. The fraction of sp³-hybridized carbons (Fsp3) is 0.133. The zero-order chi connectivity index (χ0) is 22.7. The van der Waals surface area contributed by atoms with Crippen molar-refractivity contribution < 1.29 is 0 Å². The maximum absolute atomic E-state index is 6.40. The van der Waals surface area contributed by atoms with Crippen molar-refractivity contribution in [1.82, 2.24) is 0 Å². The molecule has 4 aromatic rings. The van der Waals surface area contributed by atoms with Crippen LogP contribution in [0.2, 0.25) is 10.0 Å². The first-order valence-electron chi connectivity index (χ1n) is 11.3. The summed E-state index contributed by atoms with van der Waals surface area (Å²) in [6.45, 7) is 0. The molecule has 33 heavy (non-hydrogen) atoms. The van der Waals surface area contributed by atoms with E-state index in [1.54, 1.807) is 0 Å². The number of halogens is 2. The van der Waals surface area contributed by atoms with Crippen LogP contribution >= 0.6 is 31.1 Å². The van der Waals surface area contributed by atoms with Crippen LogP contribution in [0.25, 0.3) is 6.08 Å². The lowest BCUT2D eigenvalue weighted by atomic mass is 9.80. The van der Waals surface area contributed by atoms with Crippen LogP contribution in [-0.2, 0) is 5.16 Å². The van der Waals surface area contributed by atoms with Gasteiger partial charge in [-0.3, -0.25) is 0 Å². The van der Waals surface area contributed by atoms with E-state index in [1.807, 2.05) is 12.1 Å². The standard InChI is InChI=1S/C30H25Cl2P/c31-28-19-18-23(22-29(28)32)21-26-15-10-20-33(27-16-8-3-9-17-27)30(26,24-11-4-1-5-12-24)25-13-6-2-7-14-25/h1-9,11-14,16-19,21-22H,10,15,20H2. The maximum Gasteiger partial charge on any atom is 0.0653 e. The molecule has 0 spiro atoms. The average molecular weight is 487 g/mol. The van der Waals surface area contributed by atoms with Gasteiger partial charge in [0.05, 0.1) is 15.2 Å². The average Bonchev–Trinajstić information content (AvgIpc) is 2.88. The van der Waals surface area contributed by atoms with Crippen LogP contribution in [0.3, 0.4) is 0 Å². The van der Waals surface area contributed by atoms with Gasteiger partial charge in [-0.25, -0.2) is 0 Å². The Hall–Kier alpha value is -2.37. The highest BCUT2D eigenvalue weighted by Crippen LogP contribution is 2.66. The Bertz CT molecular complexity index is 1210. The molecule has 1 aliphatic heterocycles. The molecular formula is C30H25Cl2P. The first-order valence-corrected chi connectivity index (χ1v) is 13.6.